The molecule has 293 valence electrons. The summed E-state index contributed by atoms with van der Waals surface area (Å²) in [6, 6.07) is 28.9. The Balaban J connectivity index is 0.00000107. The van der Waals surface area contributed by atoms with E-state index in [1.807, 2.05) is 62.8 Å². The number of rotatable bonds is 12. The fourth-order valence-electron chi connectivity index (χ4n) is 3.71. The molecule has 6 nitrogen and oxygen atoms in total. The van der Waals surface area contributed by atoms with Gasteiger partial charge in [-0.3, -0.25) is 24.8 Å². The van der Waals surface area contributed by atoms with Crippen LogP contribution in [0.5, 0.6) is 0 Å². The van der Waals surface area contributed by atoms with Gasteiger partial charge in [0.15, 0.2) is 0 Å². The van der Waals surface area contributed by atoms with Gasteiger partial charge in [-0.15, -0.1) is 6.61 Å². The molecule has 52 heavy (non-hydrogen) atoms. The van der Waals surface area contributed by atoms with Crippen molar-refractivity contribution in [2.75, 3.05) is 19.7 Å². The Kier molecular flexibility index (Phi) is 17.9. The van der Waals surface area contributed by atoms with Gasteiger partial charge in [0.25, 0.3) is 0 Å². The number of hydrogen-bond acceptors (Lipinski definition) is 6. The summed E-state index contributed by atoms with van der Waals surface area (Å²) >= 11 is 0. The summed E-state index contributed by atoms with van der Waals surface area (Å²) in [4.78, 5) is 18.5. The van der Waals surface area contributed by atoms with Crippen LogP contribution in [0.25, 0.3) is 0 Å². The first-order chi connectivity index (χ1) is 23.0. The Labute approximate surface area is 304 Å². The van der Waals surface area contributed by atoms with E-state index in [2.05, 4.69) is 79.3 Å². The van der Waals surface area contributed by atoms with Gasteiger partial charge in [0.1, 0.15) is 0 Å². The van der Waals surface area contributed by atoms with Crippen molar-refractivity contribution in [3.8, 4) is 0 Å². The smallest absolute Gasteiger partial charge is 0.292 e. The first kappa shape index (κ1) is 49.1. The van der Waals surface area contributed by atoms with Crippen LogP contribution in [-0.4, -0.2) is 44.4 Å². The van der Waals surface area contributed by atoms with Gasteiger partial charge in [-0.25, -0.2) is 0 Å². The average Bonchev–Trinajstić information content (AvgIpc) is 2.99. The molecule has 0 spiro atoms. The molecule has 0 aliphatic rings. The molecule has 1 radical (unpaired) electrons. The third-order valence-corrected chi connectivity index (χ3v) is 5.65. The molecule has 0 fully saturated rings. The van der Waals surface area contributed by atoms with E-state index >= 15 is 0 Å². The van der Waals surface area contributed by atoms with E-state index in [1.54, 1.807) is 0 Å². The maximum absolute atomic E-state index is 10.7. The average molecular weight is 842 g/mol. The van der Waals surface area contributed by atoms with Gasteiger partial charge in [-0.05, 0) is 42.0 Å². The summed E-state index contributed by atoms with van der Waals surface area (Å²) < 4.78 is 118. The molecule has 0 amide bonds. The molecule has 4 aromatic rings. The molecular weight excluding hydrogens is 804 g/mol. The SMILES string of the molecule is CC(C)C[O-].F[P-](F)(F)(F)(F)F.F[P-](F)(F)(F)(F)F.[Fe+5].c1ccc(CN(CCN(Cc2ccccn2)Cc2ccccn2)Cc2ccccn2)cc1. The molecular formula is C31H38F12FeN5OP2+2. The Morgan fingerprint density at radius 3 is 1.02 bits per heavy atom. The molecule has 21 heteroatoms. The van der Waals surface area contributed by atoms with E-state index in [1.165, 1.54) is 5.56 Å². The zero-order valence-electron chi connectivity index (χ0n) is 27.8. The van der Waals surface area contributed by atoms with Crippen molar-refractivity contribution in [2.24, 2.45) is 5.92 Å². The Hall–Kier alpha value is -2.91. The zero-order valence-corrected chi connectivity index (χ0v) is 30.7. The third kappa shape index (κ3) is 36.9. The maximum atomic E-state index is 9.87. The molecule has 3 heterocycles. The largest absolute Gasteiger partial charge is 5.00 e. The predicted octanol–water partition coefficient (Wildman–Crippen LogP) is 11.3. The molecule has 1 aromatic carbocycles. The summed E-state index contributed by atoms with van der Waals surface area (Å²) in [5.41, 5.74) is 4.54. The van der Waals surface area contributed by atoms with Crippen molar-refractivity contribution in [2.45, 2.75) is 40.0 Å². The van der Waals surface area contributed by atoms with E-state index in [0.717, 1.165) is 56.4 Å². The van der Waals surface area contributed by atoms with Gasteiger partial charge in [-0.2, -0.15) is 0 Å². The molecule has 0 aliphatic heterocycles. The summed E-state index contributed by atoms with van der Waals surface area (Å²) in [5.74, 6) is 0.329. The zero-order chi connectivity index (χ0) is 38.9. The summed E-state index contributed by atoms with van der Waals surface area (Å²) in [6.45, 7) is 8.99. The number of benzene rings is 1. The van der Waals surface area contributed by atoms with E-state index < -0.39 is 15.6 Å². The quantitative estimate of drug-likeness (QED) is 0.0804. The van der Waals surface area contributed by atoms with Gasteiger partial charge < -0.3 is 5.11 Å². The molecule has 0 saturated heterocycles. The van der Waals surface area contributed by atoms with E-state index in [0.29, 0.717) is 5.92 Å². The van der Waals surface area contributed by atoms with Crippen LogP contribution in [0.2, 0.25) is 0 Å². The van der Waals surface area contributed by atoms with Crippen LogP contribution in [0.15, 0.2) is 104 Å². The number of pyridine rings is 3. The maximum Gasteiger partial charge on any atom is 5.00 e. The van der Waals surface area contributed by atoms with Crippen molar-refractivity contribution >= 4 is 15.6 Å². The predicted molar refractivity (Wildman–Crippen MR) is 174 cm³/mol. The second-order valence-corrected chi connectivity index (χ2v) is 15.2. The molecule has 0 unspecified atom stereocenters. The summed E-state index contributed by atoms with van der Waals surface area (Å²) in [6.07, 6.45) is 5.58. The third-order valence-electron chi connectivity index (χ3n) is 5.65. The van der Waals surface area contributed by atoms with Crippen LogP contribution >= 0.6 is 15.6 Å². The second-order valence-electron chi connectivity index (χ2n) is 11.3. The summed E-state index contributed by atoms with van der Waals surface area (Å²) in [5, 5.41) is 9.63. The standard InChI is InChI=1S/C27H29N5.C4H9O.2F6P.Fe/c1-2-10-24(11-3-1)20-31(21-25-12-4-7-15-28-25)18-19-32(22-26-13-5-8-16-29-26)23-27-14-6-9-17-30-27;1-4(2)3-5;2*1-7(2,3,4,5)6;/h1-17H,18-23H2;4H,3H2,1-2H3;;;/q;3*-1;+5. The molecule has 4 rings (SSSR count). The minimum atomic E-state index is -10.7. The van der Waals surface area contributed by atoms with Crippen molar-refractivity contribution in [3.63, 3.8) is 0 Å². The van der Waals surface area contributed by atoms with Gasteiger partial charge >= 0.3 is 83.0 Å². The second kappa shape index (κ2) is 18.9. The summed E-state index contributed by atoms with van der Waals surface area (Å²) in [7, 11) is -21.3. The van der Waals surface area contributed by atoms with Gasteiger partial charge in [0, 0.05) is 57.9 Å². The van der Waals surface area contributed by atoms with E-state index in [4.69, 9.17) is 0 Å². The van der Waals surface area contributed by atoms with Crippen molar-refractivity contribution in [1.82, 2.24) is 24.8 Å². The topological polar surface area (TPSA) is 68.2 Å². The number of halogens is 12. The fourth-order valence-corrected chi connectivity index (χ4v) is 3.71. The van der Waals surface area contributed by atoms with E-state index in [9.17, 15) is 55.5 Å². The van der Waals surface area contributed by atoms with Crippen LogP contribution in [-0.2, 0) is 43.2 Å². The van der Waals surface area contributed by atoms with Crippen LogP contribution in [0, 0.1) is 5.92 Å². The number of nitrogens with zero attached hydrogens (tertiary/aromatic N) is 5. The van der Waals surface area contributed by atoms with Crippen molar-refractivity contribution in [3.05, 3.63) is 126 Å². The van der Waals surface area contributed by atoms with Gasteiger partial charge in [-0.1, -0.05) is 68.3 Å². The van der Waals surface area contributed by atoms with E-state index in [-0.39, 0.29) is 23.7 Å². The Morgan fingerprint density at radius 1 is 0.500 bits per heavy atom. The molecule has 0 saturated carbocycles. The first-order valence-corrected chi connectivity index (χ1v) is 19.0. The minimum absolute atomic E-state index is 0. The fraction of sp³-hybridized carbons (Fsp3) is 0.323. The van der Waals surface area contributed by atoms with Crippen LogP contribution in [0.1, 0.15) is 36.5 Å². The van der Waals surface area contributed by atoms with Crippen molar-refractivity contribution < 1.29 is 72.5 Å². The Morgan fingerprint density at radius 2 is 0.769 bits per heavy atom. The molecule has 0 atom stereocenters. The number of hydrogen-bond donors (Lipinski definition) is 0. The minimum Gasteiger partial charge on any atom is -0.292 e. The van der Waals surface area contributed by atoms with Gasteiger partial charge in [0.2, 0.25) is 0 Å². The van der Waals surface area contributed by atoms with Crippen LogP contribution in [0.3, 0.4) is 0 Å². The monoisotopic (exact) mass is 842 g/mol. The molecule has 0 N–H and O–H groups in total. The number of aromatic nitrogens is 3. The molecule has 0 bridgehead atoms. The van der Waals surface area contributed by atoms with Gasteiger partial charge in [0.05, 0.1) is 17.1 Å². The molecule has 3 aromatic heterocycles. The molecule has 0 aliphatic carbocycles. The normalized spacial score (nSPS) is 14.0. The first-order valence-electron chi connectivity index (χ1n) is 14.9. The van der Waals surface area contributed by atoms with Crippen LogP contribution < -0.4 is 5.11 Å². The Bertz CT molecular complexity index is 1330. The van der Waals surface area contributed by atoms with Crippen molar-refractivity contribution in [1.29, 1.82) is 0 Å². The van der Waals surface area contributed by atoms with Crippen LogP contribution in [0.4, 0.5) is 50.4 Å².